The number of rotatable bonds is 7. The third-order valence-electron chi connectivity index (χ3n) is 4.13. The van der Waals surface area contributed by atoms with Gasteiger partial charge in [0.15, 0.2) is 15.8 Å². The second-order valence-electron chi connectivity index (χ2n) is 6.44. The standard InChI is InChI=1S/C20H25ClFN3O2S/c1-4-23-20(24-11-10-16-17(21)6-5-7-18(16)22)25-13-15-8-9-19(14(2)12-15)28(3,26)27/h5-9,12H,4,10-11,13H2,1-3H3,(H2,23,24,25). The fraction of sp³-hybridized carbons (Fsp3) is 0.350. The van der Waals surface area contributed by atoms with Crippen LogP contribution in [-0.4, -0.2) is 33.7 Å². The number of nitrogens with one attached hydrogen (secondary N) is 2. The molecule has 0 saturated carbocycles. The van der Waals surface area contributed by atoms with Crippen LogP contribution < -0.4 is 10.6 Å². The molecule has 0 aliphatic rings. The Hall–Kier alpha value is -2.12. The number of sulfone groups is 1. The number of hydrogen-bond acceptors (Lipinski definition) is 3. The second-order valence-corrected chi connectivity index (χ2v) is 8.84. The first-order valence-corrected chi connectivity index (χ1v) is 11.2. The van der Waals surface area contributed by atoms with Crippen LogP contribution in [0, 0.1) is 12.7 Å². The zero-order valence-corrected chi connectivity index (χ0v) is 17.8. The molecule has 0 saturated heterocycles. The van der Waals surface area contributed by atoms with Crippen LogP contribution in [0.2, 0.25) is 5.02 Å². The van der Waals surface area contributed by atoms with Gasteiger partial charge in [-0.25, -0.2) is 17.8 Å². The molecule has 0 aliphatic heterocycles. The highest BCUT2D eigenvalue weighted by atomic mass is 35.5. The predicted molar refractivity (Wildman–Crippen MR) is 112 cm³/mol. The summed E-state index contributed by atoms with van der Waals surface area (Å²) in [5.74, 6) is 0.275. The van der Waals surface area contributed by atoms with Gasteiger partial charge in [-0.3, -0.25) is 0 Å². The van der Waals surface area contributed by atoms with Crippen molar-refractivity contribution in [3.63, 3.8) is 0 Å². The topological polar surface area (TPSA) is 70.6 Å². The summed E-state index contributed by atoms with van der Waals surface area (Å²) < 4.78 is 37.3. The van der Waals surface area contributed by atoms with E-state index in [1.165, 1.54) is 12.3 Å². The normalized spacial score (nSPS) is 12.1. The van der Waals surface area contributed by atoms with E-state index in [2.05, 4.69) is 15.6 Å². The molecule has 0 bridgehead atoms. The molecule has 0 aliphatic carbocycles. The van der Waals surface area contributed by atoms with Crippen LogP contribution in [0.3, 0.4) is 0 Å². The molecule has 2 aromatic rings. The van der Waals surface area contributed by atoms with Gasteiger partial charge in [0.2, 0.25) is 0 Å². The first kappa shape index (κ1) is 22.2. The molecule has 0 atom stereocenters. The number of aliphatic imine (C=N–C) groups is 1. The number of nitrogens with zero attached hydrogens (tertiary/aromatic N) is 1. The van der Waals surface area contributed by atoms with Crippen LogP contribution in [0.4, 0.5) is 4.39 Å². The van der Waals surface area contributed by atoms with Gasteiger partial charge in [-0.15, -0.1) is 0 Å². The van der Waals surface area contributed by atoms with Crippen molar-refractivity contribution in [2.75, 3.05) is 19.3 Å². The number of benzene rings is 2. The van der Waals surface area contributed by atoms with Crippen molar-refractivity contribution in [1.29, 1.82) is 0 Å². The van der Waals surface area contributed by atoms with Gasteiger partial charge in [0.1, 0.15) is 5.82 Å². The lowest BCUT2D eigenvalue weighted by Gasteiger charge is -2.12. The molecule has 0 spiro atoms. The van der Waals surface area contributed by atoms with Crippen LogP contribution >= 0.6 is 11.6 Å². The minimum atomic E-state index is -3.24. The Kier molecular flexibility index (Phi) is 7.83. The Morgan fingerprint density at radius 1 is 1.21 bits per heavy atom. The van der Waals surface area contributed by atoms with Gasteiger partial charge in [-0.2, -0.15) is 0 Å². The minimum absolute atomic E-state index is 0.322. The van der Waals surface area contributed by atoms with Crippen molar-refractivity contribution < 1.29 is 12.8 Å². The summed E-state index contributed by atoms with van der Waals surface area (Å²) in [6.45, 7) is 5.26. The van der Waals surface area contributed by atoms with E-state index in [1.54, 1.807) is 31.2 Å². The maximum absolute atomic E-state index is 13.8. The molecular weight excluding hydrogens is 401 g/mol. The lowest BCUT2D eigenvalue weighted by molar-refractivity contribution is 0.601. The molecule has 0 amide bonds. The van der Waals surface area contributed by atoms with Gasteiger partial charge in [0.05, 0.1) is 11.4 Å². The van der Waals surface area contributed by atoms with E-state index < -0.39 is 9.84 Å². The smallest absolute Gasteiger partial charge is 0.191 e. The molecule has 0 fully saturated rings. The fourth-order valence-electron chi connectivity index (χ4n) is 2.82. The predicted octanol–water partition coefficient (Wildman–Crippen LogP) is 3.49. The Morgan fingerprint density at radius 3 is 2.57 bits per heavy atom. The third-order valence-corrected chi connectivity index (χ3v) is 5.74. The van der Waals surface area contributed by atoms with E-state index >= 15 is 0 Å². The van der Waals surface area contributed by atoms with E-state index in [4.69, 9.17) is 11.6 Å². The summed E-state index contributed by atoms with van der Waals surface area (Å²) in [5.41, 5.74) is 2.07. The van der Waals surface area contributed by atoms with Gasteiger partial charge in [0.25, 0.3) is 0 Å². The number of aryl methyl sites for hydroxylation is 1. The van der Waals surface area contributed by atoms with Crippen LogP contribution in [0.15, 0.2) is 46.3 Å². The largest absolute Gasteiger partial charge is 0.357 e. The van der Waals surface area contributed by atoms with Gasteiger partial charge < -0.3 is 10.6 Å². The lowest BCUT2D eigenvalue weighted by atomic mass is 10.1. The molecule has 5 nitrogen and oxygen atoms in total. The van der Waals surface area contributed by atoms with Gasteiger partial charge in [0, 0.05) is 29.9 Å². The summed E-state index contributed by atoms with van der Waals surface area (Å²) in [6, 6.07) is 9.83. The second kappa shape index (κ2) is 9.89. The highest BCUT2D eigenvalue weighted by Gasteiger charge is 2.11. The van der Waals surface area contributed by atoms with Crippen LogP contribution in [0.25, 0.3) is 0 Å². The van der Waals surface area contributed by atoms with Crippen molar-refractivity contribution in [1.82, 2.24) is 10.6 Å². The van der Waals surface area contributed by atoms with Crippen molar-refractivity contribution >= 4 is 27.4 Å². The maximum Gasteiger partial charge on any atom is 0.191 e. The fourth-order valence-corrected chi connectivity index (χ4v) is 4.03. The number of hydrogen-bond donors (Lipinski definition) is 2. The number of guanidine groups is 1. The average molecular weight is 426 g/mol. The molecule has 0 unspecified atom stereocenters. The van der Waals surface area contributed by atoms with Gasteiger partial charge in [-0.1, -0.05) is 29.8 Å². The monoisotopic (exact) mass is 425 g/mol. The highest BCUT2D eigenvalue weighted by molar-refractivity contribution is 7.90. The highest BCUT2D eigenvalue weighted by Crippen LogP contribution is 2.19. The maximum atomic E-state index is 13.8. The van der Waals surface area contributed by atoms with Crippen LogP contribution in [0.5, 0.6) is 0 Å². The molecule has 0 heterocycles. The Bertz CT molecular complexity index is 942. The Morgan fingerprint density at radius 2 is 1.96 bits per heavy atom. The minimum Gasteiger partial charge on any atom is -0.357 e. The van der Waals surface area contributed by atoms with E-state index in [-0.39, 0.29) is 5.82 Å². The zero-order chi connectivity index (χ0) is 20.7. The van der Waals surface area contributed by atoms with E-state index in [9.17, 15) is 12.8 Å². The van der Waals surface area contributed by atoms with Crippen molar-refractivity contribution in [2.24, 2.45) is 4.99 Å². The molecule has 152 valence electrons. The van der Waals surface area contributed by atoms with Gasteiger partial charge in [-0.05, 0) is 49.6 Å². The molecular formula is C20H25ClFN3O2S. The molecule has 2 rings (SSSR count). The van der Waals surface area contributed by atoms with Gasteiger partial charge >= 0.3 is 0 Å². The molecule has 0 aromatic heterocycles. The van der Waals surface area contributed by atoms with Crippen molar-refractivity contribution in [3.8, 4) is 0 Å². The first-order valence-electron chi connectivity index (χ1n) is 8.97. The zero-order valence-electron chi connectivity index (χ0n) is 16.2. The third kappa shape index (κ3) is 6.21. The molecule has 28 heavy (non-hydrogen) atoms. The molecule has 2 aromatic carbocycles. The summed E-state index contributed by atoms with van der Waals surface area (Å²) in [4.78, 5) is 4.84. The van der Waals surface area contributed by atoms with Crippen LogP contribution in [-0.2, 0) is 22.8 Å². The summed E-state index contributed by atoms with van der Waals surface area (Å²) in [5, 5.41) is 6.70. The van der Waals surface area contributed by atoms with E-state index in [0.29, 0.717) is 53.1 Å². The van der Waals surface area contributed by atoms with Crippen LogP contribution in [0.1, 0.15) is 23.6 Å². The first-order chi connectivity index (χ1) is 13.2. The summed E-state index contributed by atoms with van der Waals surface area (Å²) in [6.07, 6.45) is 1.63. The van der Waals surface area contributed by atoms with E-state index in [1.807, 2.05) is 13.0 Å². The lowest BCUT2D eigenvalue weighted by Crippen LogP contribution is -2.38. The van der Waals surface area contributed by atoms with Crippen molar-refractivity contribution in [2.45, 2.75) is 31.7 Å². The quantitative estimate of drug-likeness (QED) is 0.526. The SMILES string of the molecule is CCNC(=NCc1ccc(S(C)(=O)=O)c(C)c1)NCCc1c(F)cccc1Cl. The molecule has 0 radical (unpaired) electrons. The van der Waals surface area contributed by atoms with E-state index in [0.717, 1.165) is 5.56 Å². The van der Waals surface area contributed by atoms with Crippen molar-refractivity contribution in [3.05, 3.63) is 63.9 Å². The number of halogens is 2. The summed E-state index contributed by atoms with van der Waals surface area (Å²) in [7, 11) is -3.24. The summed E-state index contributed by atoms with van der Waals surface area (Å²) >= 11 is 6.05. The average Bonchev–Trinajstić information content (AvgIpc) is 2.61. The Labute approximate surface area is 170 Å². The Balaban J connectivity index is 2.03. The molecule has 2 N–H and O–H groups in total. The molecule has 8 heteroatoms.